The molecule has 1 amide bonds. The molecule has 154 valence electrons. The van der Waals surface area contributed by atoms with Gasteiger partial charge in [-0.05, 0) is 42.0 Å². The van der Waals surface area contributed by atoms with Crippen LogP contribution in [0.5, 0.6) is 11.5 Å². The number of hydrogen-bond acceptors (Lipinski definition) is 6. The zero-order valence-electron chi connectivity index (χ0n) is 16.3. The van der Waals surface area contributed by atoms with E-state index >= 15 is 0 Å². The second-order valence-corrected chi connectivity index (χ2v) is 7.02. The Hall–Kier alpha value is -3.73. The second-order valence-electron chi connectivity index (χ2n) is 7.02. The first-order chi connectivity index (χ1) is 14.6. The minimum Gasteiger partial charge on any atom is -0.454 e. The number of carbonyl (C=O) groups is 1. The number of nitrogens with one attached hydrogen (secondary N) is 1. The molecule has 1 N–H and O–H groups in total. The number of fused-ring (bicyclic) bond motifs is 1. The number of ether oxygens (including phenoxy) is 2. The summed E-state index contributed by atoms with van der Waals surface area (Å²) in [6, 6.07) is 13.8. The van der Waals surface area contributed by atoms with Crippen LogP contribution in [-0.4, -0.2) is 43.8 Å². The number of halogens is 1. The van der Waals surface area contributed by atoms with Crippen molar-refractivity contribution in [2.75, 3.05) is 37.9 Å². The molecule has 2 heterocycles. The Kier molecular flexibility index (Phi) is 5.70. The lowest BCUT2D eigenvalue weighted by Gasteiger charge is -2.35. The third-order valence-corrected chi connectivity index (χ3v) is 5.07. The first-order valence-corrected chi connectivity index (χ1v) is 9.65. The summed E-state index contributed by atoms with van der Waals surface area (Å²) in [5, 5.41) is 12.2. The lowest BCUT2D eigenvalue weighted by Crippen LogP contribution is -2.44. The molecule has 2 aromatic carbocycles. The van der Waals surface area contributed by atoms with E-state index in [2.05, 4.69) is 10.2 Å². The van der Waals surface area contributed by atoms with Crippen LogP contribution in [0, 0.1) is 17.1 Å². The van der Waals surface area contributed by atoms with Gasteiger partial charge in [-0.3, -0.25) is 4.79 Å². The molecular weight excluding hydrogens is 387 g/mol. The highest BCUT2D eigenvalue weighted by atomic mass is 19.1. The monoisotopic (exact) mass is 408 g/mol. The summed E-state index contributed by atoms with van der Waals surface area (Å²) in [5.41, 5.74) is 1.88. The highest BCUT2D eigenvalue weighted by Gasteiger charge is 2.18. The summed E-state index contributed by atoms with van der Waals surface area (Å²) in [7, 11) is 0. The van der Waals surface area contributed by atoms with Crippen molar-refractivity contribution in [3.05, 3.63) is 65.6 Å². The summed E-state index contributed by atoms with van der Waals surface area (Å²) in [5.74, 6) is 0.654. The first-order valence-electron chi connectivity index (χ1n) is 9.65. The van der Waals surface area contributed by atoms with E-state index in [1.54, 1.807) is 24.4 Å². The van der Waals surface area contributed by atoms with E-state index < -0.39 is 5.91 Å². The summed E-state index contributed by atoms with van der Waals surface area (Å²) in [6.07, 6.45) is 1.61. The number of anilines is 1. The SMILES string of the molecule is N#C/C(=C/N1CCN(c2ccc(F)cc2)CC1)C(=O)NCc1ccc2c(c1)OCO2. The van der Waals surface area contributed by atoms with Crippen molar-refractivity contribution in [2.45, 2.75) is 6.54 Å². The molecule has 30 heavy (non-hydrogen) atoms. The number of piperazine rings is 1. The average Bonchev–Trinajstić information content (AvgIpc) is 3.25. The number of nitriles is 1. The molecule has 2 aliphatic heterocycles. The van der Waals surface area contributed by atoms with E-state index in [1.165, 1.54) is 12.1 Å². The number of benzene rings is 2. The van der Waals surface area contributed by atoms with Crippen LogP contribution in [0.4, 0.5) is 10.1 Å². The molecule has 0 spiro atoms. The Morgan fingerprint density at radius 3 is 2.57 bits per heavy atom. The second kappa shape index (κ2) is 8.74. The van der Waals surface area contributed by atoms with Gasteiger partial charge in [-0.1, -0.05) is 6.07 Å². The predicted octanol–water partition coefficient (Wildman–Crippen LogP) is 2.40. The lowest BCUT2D eigenvalue weighted by molar-refractivity contribution is -0.117. The fourth-order valence-corrected chi connectivity index (χ4v) is 3.41. The molecule has 1 saturated heterocycles. The van der Waals surface area contributed by atoms with Crippen molar-refractivity contribution >= 4 is 11.6 Å². The Morgan fingerprint density at radius 2 is 1.83 bits per heavy atom. The van der Waals surface area contributed by atoms with Gasteiger partial charge < -0.3 is 24.6 Å². The molecule has 0 unspecified atom stereocenters. The largest absolute Gasteiger partial charge is 0.454 e. The van der Waals surface area contributed by atoms with Crippen molar-refractivity contribution in [1.29, 1.82) is 5.26 Å². The van der Waals surface area contributed by atoms with E-state index in [-0.39, 0.29) is 24.7 Å². The standard InChI is InChI=1S/C22H21FN4O3/c23-18-2-4-19(5-3-18)27-9-7-26(8-10-27)14-17(12-24)22(28)25-13-16-1-6-20-21(11-16)30-15-29-20/h1-6,11,14H,7-10,13,15H2,(H,25,28)/b17-14-. The molecule has 1 fully saturated rings. The quantitative estimate of drug-likeness (QED) is 0.605. The smallest absolute Gasteiger partial charge is 0.263 e. The molecule has 2 aromatic rings. The Balaban J connectivity index is 1.31. The third kappa shape index (κ3) is 4.46. The molecule has 0 aliphatic carbocycles. The molecule has 0 aromatic heterocycles. The van der Waals surface area contributed by atoms with Crippen molar-refractivity contribution in [2.24, 2.45) is 0 Å². The van der Waals surface area contributed by atoms with E-state index in [9.17, 15) is 14.4 Å². The van der Waals surface area contributed by atoms with Crippen molar-refractivity contribution < 1.29 is 18.7 Å². The zero-order chi connectivity index (χ0) is 20.9. The fourth-order valence-electron chi connectivity index (χ4n) is 3.41. The first kappa shape index (κ1) is 19.6. The Labute approximate surface area is 173 Å². The summed E-state index contributed by atoms with van der Waals surface area (Å²) in [6.45, 7) is 3.25. The van der Waals surface area contributed by atoms with Gasteiger partial charge in [0.15, 0.2) is 11.5 Å². The summed E-state index contributed by atoms with van der Waals surface area (Å²) < 4.78 is 23.7. The number of hydrogen-bond donors (Lipinski definition) is 1. The van der Waals surface area contributed by atoms with Crippen LogP contribution in [0.25, 0.3) is 0 Å². The van der Waals surface area contributed by atoms with Crippen LogP contribution in [0.2, 0.25) is 0 Å². The molecule has 7 nitrogen and oxygen atoms in total. The number of rotatable bonds is 5. The van der Waals surface area contributed by atoms with Gasteiger partial charge in [0.2, 0.25) is 6.79 Å². The molecule has 2 aliphatic rings. The van der Waals surface area contributed by atoms with Crippen LogP contribution in [0.3, 0.4) is 0 Å². The minimum absolute atomic E-state index is 0.0611. The van der Waals surface area contributed by atoms with E-state index in [0.717, 1.165) is 24.3 Å². The van der Waals surface area contributed by atoms with Gasteiger partial charge in [0.25, 0.3) is 5.91 Å². The van der Waals surface area contributed by atoms with Gasteiger partial charge in [-0.2, -0.15) is 5.26 Å². The van der Waals surface area contributed by atoms with Crippen LogP contribution >= 0.6 is 0 Å². The van der Waals surface area contributed by atoms with E-state index in [4.69, 9.17) is 9.47 Å². The highest BCUT2D eigenvalue weighted by molar-refractivity contribution is 5.97. The molecule has 0 bridgehead atoms. The predicted molar refractivity (Wildman–Crippen MR) is 108 cm³/mol. The van der Waals surface area contributed by atoms with Crippen LogP contribution < -0.4 is 19.7 Å². The van der Waals surface area contributed by atoms with E-state index in [1.807, 2.05) is 23.1 Å². The van der Waals surface area contributed by atoms with Crippen molar-refractivity contribution in [3.8, 4) is 17.6 Å². The van der Waals surface area contributed by atoms with Crippen molar-refractivity contribution in [1.82, 2.24) is 10.2 Å². The lowest BCUT2D eigenvalue weighted by atomic mass is 10.2. The molecule has 4 rings (SSSR count). The normalized spacial score (nSPS) is 15.7. The molecule has 0 radical (unpaired) electrons. The number of amides is 1. The summed E-state index contributed by atoms with van der Waals surface area (Å²) >= 11 is 0. The molecule has 8 heteroatoms. The average molecular weight is 408 g/mol. The fraction of sp³-hybridized carbons (Fsp3) is 0.273. The Bertz CT molecular complexity index is 992. The van der Waals surface area contributed by atoms with Gasteiger partial charge in [-0.15, -0.1) is 0 Å². The van der Waals surface area contributed by atoms with Gasteiger partial charge in [0.05, 0.1) is 0 Å². The minimum atomic E-state index is -0.420. The van der Waals surface area contributed by atoms with E-state index in [0.29, 0.717) is 24.6 Å². The maximum Gasteiger partial charge on any atom is 0.263 e. The number of nitrogens with zero attached hydrogens (tertiary/aromatic N) is 3. The van der Waals surface area contributed by atoms with Gasteiger partial charge >= 0.3 is 0 Å². The summed E-state index contributed by atoms with van der Waals surface area (Å²) in [4.78, 5) is 16.5. The topological polar surface area (TPSA) is 77.8 Å². The van der Waals surface area contributed by atoms with Crippen LogP contribution in [0.1, 0.15) is 5.56 Å². The van der Waals surface area contributed by atoms with Gasteiger partial charge in [0.1, 0.15) is 17.5 Å². The number of carbonyl (C=O) groups excluding carboxylic acids is 1. The maximum atomic E-state index is 13.1. The molecular formula is C22H21FN4O3. The molecule has 0 atom stereocenters. The van der Waals surface area contributed by atoms with Gasteiger partial charge in [0, 0.05) is 44.6 Å². The van der Waals surface area contributed by atoms with Crippen LogP contribution in [0.15, 0.2) is 54.2 Å². The van der Waals surface area contributed by atoms with Gasteiger partial charge in [-0.25, -0.2) is 4.39 Å². The third-order valence-electron chi connectivity index (χ3n) is 5.07. The maximum absolute atomic E-state index is 13.1. The zero-order valence-corrected chi connectivity index (χ0v) is 16.3. The van der Waals surface area contributed by atoms with Crippen LogP contribution in [-0.2, 0) is 11.3 Å². The van der Waals surface area contributed by atoms with Crippen molar-refractivity contribution in [3.63, 3.8) is 0 Å². The highest BCUT2D eigenvalue weighted by Crippen LogP contribution is 2.32. The molecule has 0 saturated carbocycles. The Morgan fingerprint density at radius 1 is 1.10 bits per heavy atom.